The van der Waals surface area contributed by atoms with Crippen LogP contribution in [0.15, 0.2) is 78.9 Å². The number of anilines is 1. The Morgan fingerprint density at radius 3 is 2.12 bits per heavy atom. The third kappa shape index (κ3) is 9.74. The second kappa shape index (κ2) is 13.8. The van der Waals surface area contributed by atoms with E-state index in [1.165, 1.54) is 10.6 Å². The molecule has 0 aromatic heterocycles. The van der Waals surface area contributed by atoms with E-state index in [0.717, 1.165) is 22.3 Å². The average molecular weight is 578 g/mol. The van der Waals surface area contributed by atoms with Crippen LogP contribution in [0.1, 0.15) is 55.9 Å². The van der Waals surface area contributed by atoms with Gasteiger partial charge in [-0.3, -0.25) is 13.9 Å². The van der Waals surface area contributed by atoms with Gasteiger partial charge in [-0.2, -0.15) is 0 Å². The molecule has 8 heteroatoms. The fourth-order valence-electron chi connectivity index (χ4n) is 4.84. The van der Waals surface area contributed by atoms with E-state index in [-0.39, 0.29) is 31.3 Å². The quantitative estimate of drug-likeness (QED) is 0.312. The van der Waals surface area contributed by atoms with E-state index in [0.29, 0.717) is 18.5 Å². The zero-order valence-corrected chi connectivity index (χ0v) is 25.9. The van der Waals surface area contributed by atoms with Crippen LogP contribution in [0, 0.1) is 13.8 Å². The molecule has 0 aliphatic heterocycles. The molecule has 0 aliphatic carbocycles. The summed E-state index contributed by atoms with van der Waals surface area (Å²) >= 11 is 0. The van der Waals surface area contributed by atoms with Crippen molar-refractivity contribution in [2.45, 2.75) is 72.0 Å². The Labute approximate surface area is 245 Å². The highest BCUT2D eigenvalue weighted by Crippen LogP contribution is 2.23. The number of benzene rings is 3. The molecule has 0 saturated heterocycles. The number of nitrogens with zero attached hydrogens (tertiary/aromatic N) is 2. The SMILES string of the molecule is Cc1cccc(CN(C(=O)CCCN(c2ccccc2C)S(C)(=O)=O)C(Cc2ccccc2)C(=O)NC(C)(C)C)c1. The van der Waals surface area contributed by atoms with Crippen molar-refractivity contribution in [1.82, 2.24) is 10.2 Å². The van der Waals surface area contributed by atoms with Crippen LogP contribution in [0.4, 0.5) is 5.69 Å². The molecule has 0 fully saturated rings. The lowest BCUT2D eigenvalue weighted by atomic mass is 10.00. The molecular formula is C33H43N3O4S. The number of aryl methyl sites for hydroxylation is 2. The number of hydrogen-bond donors (Lipinski definition) is 1. The maximum Gasteiger partial charge on any atom is 0.243 e. The minimum atomic E-state index is -3.56. The van der Waals surface area contributed by atoms with Crippen molar-refractivity contribution in [2.24, 2.45) is 0 Å². The summed E-state index contributed by atoms with van der Waals surface area (Å²) in [6.45, 7) is 10.0. The van der Waals surface area contributed by atoms with Crippen LogP contribution < -0.4 is 9.62 Å². The van der Waals surface area contributed by atoms with Crippen molar-refractivity contribution >= 4 is 27.5 Å². The second-order valence-electron chi connectivity index (χ2n) is 11.7. The monoisotopic (exact) mass is 577 g/mol. The van der Waals surface area contributed by atoms with Gasteiger partial charge in [0.2, 0.25) is 21.8 Å². The summed E-state index contributed by atoms with van der Waals surface area (Å²) in [5, 5.41) is 3.07. The topological polar surface area (TPSA) is 86.8 Å². The van der Waals surface area contributed by atoms with Gasteiger partial charge >= 0.3 is 0 Å². The summed E-state index contributed by atoms with van der Waals surface area (Å²) in [4.78, 5) is 29.3. The molecule has 0 radical (unpaired) electrons. The number of carbonyl (C=O) groups excluding carboxylic acids is 2. The van der Waals surface area contributed by atoms with Crippen LogP contribution in [-0.2, 0) is 32.6 Å². The molecule has 0 bridgehead atoms. The molecular weight excluding hydrogens is 534 g/mol. The first-order chi connectivity index (χ1) is 19.2. The lowest BCUT2D eigenvalue weighted by Gasteiger charge is -2.34. The first-order valence-corrected chi connectivity index (χ1v) is 15.8. The Morgan fingerprint density at radius 2 is 1.51 bits per heavy atom. The maximum atomic E-state index is 13.9. The Hall–Kier alpha value is -3.65. The van der Waals surface area contributed by atoms with Gasteiger partial charge < -0.3 is 10.2 Å². The van der Waals surface area contributed by atoms with E-state index in [2.05, 4.69) is 5.32 Å². The molecule has 220 valence electrons. The van der Waals surface area contributed by atoms with Crippen molar-refractivity contribution in [3.05, 3.63) is 101 Å². The van der Waals surface area contributed by atoms with E-state index in [1.807, 2.05) is 101 Å². The molecule has 41 heavy (non-hydrogen) atoms. The van der Waals surface area contributed by atoms with Gasteiger partial charge in [0.05, 0.1) is 11.9 Å². The number of rotatable bonds is 12. The Kier molecular flexibility index (Phi) is 10.7. The highest BCUT2D eigenvalue weighted by atomic mass is 32.2. The molecule has 3 aromatic carbocycles. The van der Waals surface area contributed by atoms with E-state index >= 15 is 0 Å². The van der Waals surface area contributed by atoms with E-state index < -0.39 is 21.6 Å². The molecule has 3 aromatic rings. The zero-order chi connectivity index (χ0) is 30.2. The summed E-state index contributed by atoms with van der Waals surface area (Å²) < 4.78 is 26.7. The maximum absolute atomic E-state index is 13.9. The smallest absolute Gasteiger partial charge is 0.243 e. The third-order valence-corrected chi connectivity index (χ3v) is 7.92. The van der Waals surface area contributed by atoms with Crippen LogP contribution in [0.25, 0.3) is 0 Å². The fraction of sp³-hybridized carbons (Fsp3) is 0.394. The molecule has 0 saturated carbocycles. The van der Waals surface area contributed by atoms with Crippen molar-refractivity contribution < 1.29 is 18.0 Å². The summed E-state index contributed by atoms with van der Waals surface area (Å²) in [6.07, 6.45) is 1.94. The minimum Gasteiger partial charge on any atom is -0.350 e. The van der Waals surface area contributed by atoms with Gasteiger partial charge in [-0.25, -0.2) is 8.42 Å². The Balaban J connectivity index is 1.91. The Bertz CT molecular complexity index is 1430. The van der Waals surface area contributed by atoms with Gasteiger partial charge in [-0.05, 0) is 63.8 Å². The molecule has 0 aliphatic rings. The predicted molar refractivity (Wildman–Crippen MR) is 166 cm³/mol. The summed E-state index contributed by atoms with van der Waals surface area (Å²) in [7, 11) is -3.56. The number of sulfonamides is 1. The molecule has 1 atom stereocenters. The Morgan fingerprint density at radius 1 is 0.878 bits per heavy atom. The van der Waals surface area contributed by atoms with Gasteiger partial charge in [-0.1, -0.05) is 78.4 Å². The first kappa shape index (κ1) is 31.9. The van der Waals surface area contributed by atoms with Gasteiger partial charge in [0, 0.05) is 31.5 Å². The fourth-order valence-corrected chi connectivity index (χ4v) is 5.86. The highest BCUT2D eigenvalue weighted by molar-refractivity contribution is 7.92. The zero-order valence-electron chi connectivity index (χ0n) is 25.1. The summed E-state index contributed by atoms with van der Waals surface area (Å²) in [5.74, 6) is -0.422. The normalized spacial score (nSPS) is 12.4. The van der Waals surface area contributed by atoms with Crippen molar-refractivity contribution in [3.8, 4) is 0 Å². The lowest BCUT2D eigenvalue weighted by molar-refractivity contribution is -0.142. The second-order valence-corrected chi connectivity index (χ2v) is 13.6. The van der Waals surface area contributed by atoms with Gasteiger partial charge in [0.25, 0.3) is 0 Å². The standard InChI is InChI=1S/C33H43N3O4S/c1-25-14-12-18-28(22-25)24-35(30(32(38)34-33(3,4)5)23-27-16-8-7-9-17-27)31(37)20-13-21-36(41(6,39)40)29-19-11-10-15-26(29)2/h7-12,14-19,22,30H,13,20-21,23-24H2,1-6H3,(H,34,38). The predicted octanol–water partition coefficient (Wildman–Crippen LogP) is 5.40. The molecule has 7 nitrogen and oxygen atoms in total. The third-order valence-electron chi connectivity index (χ3n) is 6.74. The number of para-hydroxylation sites is 1. The van der Waals surface area contributed by atoms with E-state index in [1.54, 1.807) is 17.0 Å². The molecule has 2 amide bonds. The van der Waals surface area contributed by atoms with Crippen molar-refractivity contribution in [3.63, 3.8) is 0 Å². The number of nitrogens with one attached hydrogen (secondary N) is 1. The van der Waals surface area contributed by atoms with Crippen LogP contribution in [-0.4, -0.2) is 49.5 Å². The van der Waals surface area contributed by atoms with Crippen LogP contribution in [0.5, 0.6) is 0 Å². The molecule has 1 N–H and O–H groups in total. The highest BCUT2D eigenvalue weighted by Gasteiger charge is 2.32. The average Bonchev–Trinajstić information content (AvgIpc) is 2.88. The van der Waals surface area contributed by atoms with Gasteiger partial charge in [-0.15, -0.1) is 0 Å². The largest absolute Gasteiger partial charge is 0.350 e. The van der Waals surface area contributed by atoms with Crippen molar-refractivity contribution in [2.75, 3.05) is 17.1 Å². The van der Waals surface area contributed by atoms with Gasteiger partial charge in [0.15, 0.2) is 0 Å². The van der Waals surface area contributed by atoms with Crippen LogP contribution in [0.2, 0.25) is 0 Å². The molecule has 1 unspecified atom stereocenters. The number of carbonyl (C=O) groups is 2. The summed E-state index contributed by atoms with van der Waals surface area (Å²) in [6, 6.07) is 24.2. The number of amides is 2. The lowest BCUT2D eigenvalue weighted by Crippen LogP contribution is -2.54. The van der Waals surface area contributed by atoms with Crippen molar-refractivity contribution in [1.29, 1.82) is 0 Å². The summed E-state index contributed by atoms with van der Waals surface area (Å²) in [5.41, 5.74) is 3.91. The van der Waals surface area contributed by atoms with Crippen LogP contribution >= 0.6 is 0 Å². The minimum absolute atomic E-state index is 0.0950. The molecule has 0 heterocycles. The van der Waals surface area contributed by atoms with E-state index in [4.69, 9.17) is 0 Å². The molecule has 0 spiro atoms. The number of hydrogen-bond acceptors (Lipinski definition) is 4. The van der Waals surface area contributed by atoms with Crippen LogP contribution in [0.3, 0.4) is 0 Å². The molecule has 3 rings (SSSR count). The first-order valence-electron chi connectivity index (χ1n) is 14.0. The van der Waals surface area contributed by atoms with E-state index in [9.17, 15) is 18.0 Å². The van der Waals surface area contributed by atoms with Gasteiger partial charge in [0.1, 0.15) is 6.04 Å².